The van der Waals surface area contributed by atoms with E-state index in [1.165, 1.54) is 10.6 Å². The first-order valence-electron chi connectivity index (χ1n) is 10.8. The van der Waals surface area contributed by atoms with Crippen molar-refractivity contribution in [3.05, 3.63) is 81.5 Å². The number of unbranched alkanes of at least 4 members (excludes halogenated alkanes) is 1. The van der Waals surface area contributed by atoms with Crippen molar-refractivity contribution in [2.45, 2.75) is 46.1 Å². The van der Waals surface area contributed by atoms with Crippen LogP contribution < -0.4 is 5.69 Å². The van der Waals surface area contributed by atoms with E-state index in [-0.39, 0.29) is 24.2 Å². The van der Waals surface area contributed by atoms with Crippen LogP contribution in [0.1, 0.15) is 70.0 Å². The van der Waals surface area contributed by atoms with Crippen LogP contribution in [0.4, 0.5) is 0 Å². The van der Waals surface area contributed by atoms with Crippen LogP contribution in [0.3, 0.4) is 0 Å². The molecule has 1 aromatic heterocycles. The molecule has 33 heavy (non-hydrogen) atoms. The number of aromatic nitrogens is 2. The Morgan fingerprint density at radius 3 is 2.15 bits per heavy atom. The number of rotatable bonds is 9. The Hall–Kier alpha value is -3.94. The van der Waals surface area contributed by atoms with E-state index in [0.29, 0.717) is 29.7 Å². The second kappa shape index (κ2) is 10.1. The molecular weight excluding hydrogens is 424 g/mol. The predicted octanol–water partition coefficient (Wildman–Crippen LogP) is 4.15. The van der Waals surface area contributed by atoms with Gasteiger partial charge in [0.05, 0.1) is 17.8 Å². The third kappa shape index (κ3) is 4.79. The molecule has 0 atom stereocenters. The van der Waals surface area contributed by atoms with Crippen molar-refractivity contribution in [2.24, 2.45) is 0 Å². The van der Waals surface area contributed by atoms with Gasteiger partial charge in [0, 0.05) is 6.42 Å². The number of benzene rings is 2. The molecular formula is C25H26N2O6. The Morgan fingerprint density at radius 1 is 0.909 bits per heavy atom. The lowest BCUT2D eigenvalue weighted by Gasteiger charge is -2.10. The Kier molecular flexibility index (Phi) is 7.27. The zero-order chi connectivity index (χ0) is 24.1. The van der Waals surface area contributed by atoms with Crippen LogP contribution in [0.15, 0.2) is 53.3 Å². The first-order chi connectivity index (χ1) is 15.8. The molecule has 2 aromatic carbocycles. The van der Waals surface area contributed by atoms with E-state index in [0.717, 1.165) is 16.6 Å². The van der Waals surface area contributed by atoms with Crippen LogP contribution in [0, 0.1) is 0 Å². The molecule has 0 unspecified atom stereocenters. The molecule has 0 fully saturated rings. The summed E-state index contributed by atoms with van der Waals surface area (Å²) < 4.78 is 2.12. The number of carboxylic acid groups (broad SMARTS) is 2. The van der Waals surface area contributed by atoms with Crippen molar-refractivity contribution in [2.75, 3.05) is 0 Å². The smallest absolute Gasteiger partial charge is 0.354 e. The molecule has 0 spiro atoms. The van der Waals surface area contributed by atoms with Gasteiger partial charge in [0.25, 0.3) is 0 Å². The maximum atomic E-state index is 13.1. The average molecular weight is 450 g/mol. The molecule has 0 aliphatic carbocycles. The zero-order valence-corrected chi connectivity index (χ0v) is 18.6. The highest BCUT2D eigenvalue weighted by atomic mass is 16.4. The highest BCUT2D eigenvalue weighted by Crippen LogP contribution is 2.24. The normalized spacial score (nSPS) is 10.8. The average Bonchev–Trinajstić information content (AvgIpc) is 3.09. The van der Waals surface area contributed by atoms with Gasteiger partial charge in [0.1, 0.15) is 0 Å². The van der Waals surface area contributed by atoms with Crippen molar-refractivity contribution in [1.29, 1.82) is 0 Å². The van der Waals surface area contributed by atoms with Gasteiger partial charge in [-0.2, -0.15) is 0 Å². The van der Waals surface area contributed by atoms with Crippen LogP contribution in [-0.4, -0.2) is 37.2 Å². The van der Waals surface area contributed by atoms with Gasteiger partial charge in [-0.05, 0) is 35.6 Å². The number of hydrogen-bond donors (Lipinski definition) is 2. The third-order valence-electron chi connectivity index (χ3n) is 5.53. The summed E-state index contributed by atoms with van der Waals surface area (Å²) in [5, 5.41) is 19.2. The molecule has 0 amide bonds. The molecule has 2 N–H and O–H groups in total. The van der Waals surface area contributed by atoms with E-state index in [1.54, 1.807) is 49.4 Å². The molecule has 0 aliphatic heterocycles. The van der Waals surface area contributed by atoms with Crippen LogP contribution in [0.2, 0.25) is 0 Å². The maximum absolute atomic E-state index is 13.1. The Bertz CT molecular complexity index is 1250. The summed E-state index contributed by atoms with van der Waals surface area (Å²) in [4.78, 5) is 48.9. The highest BCUT2D eigenvalue weighted by molar-refractivity contribution is 5.96. The molecule has 1 heterocycles. The quantitative estimate of drug-likeness (QED) is 0.505. The minimum Gasteiger partial charge on any atom is -0.478 e. The van der Waals surface area contributed by atoms with Crippen molar-refractivity contribution in [3.63, 3.8) is 0 Å². The van der Waals surface area contributed by atoms with E-state index < -0.39 is 23.5 Å². The van der Waals surface area contributed by atoms with Gasteiger partial charge in [-0.25, -0.2) is 19.0 Å². The van der Waals surface area contributed by atoms with E-state index in [1.807, 2.05) is 6.92 Å². The summed E-state index contributed by atoms with van der Waals surface area (Å²) in [5.74, 6) is -2.89. The fraction of sp³-hybridized carbons (Fsp3) is 0.280. The first kappa shape index (κ1) is 23.7. The van der Waals surface area contributed by atoms with Crippen molar-refractivity contribution < 1.29 is 24.6 Å². The molecule has 8 heteroatoms. The van der Waals surface area contributed by atoms with Crippen LogP contribution in [-0.2, 0) is 13.0 Å². The topological polar surface area (TPSA) is 119 Å². The number of hydrogen-bond acceptors (Lipinski definition) is 4. The van der Waals surface area contributed by atoms with Gasteiger partial charge in [0.2, 0.25) is 5.91 Å². The largest absolute Gasteiger partial charge is 0.478 e. The SMILES string of the molecule is CCCCc1c(C(=O)O)n(C(=O)CC)c(=O)n1Cc1ccc(-c2ccccc2C(=O)O)cc1. The third-order valence-corrected chi connectivity index (χ3v) is 5.53. The molecule has 0 saturated carbocycles. The number of carboxylic acids is 2. The molecule has 172 valence electrons. The van der Waals surface area contributed by atoms with Crippen molar-refractivity contribution in [1.82, 2.24) is 9.13 Å². The molecule has 0 saturated heterocycles. The van der Waals surface area contributed by atoms with Crippen molar-refractivity contribution in [3.8, 4) is 11.1 Å². The lowest BCUT2D eigenvalue weighted by Crippen LogP contribution is -2.30. The Balaban J connectivity index is 2.04. The molecule has 0 radical (unpaired) electrons. The predicted molar refractivity (Wildman–Crippen MR) is 123 cm³/mol. The number of nitrogens with zero attached hydrogens (tertiary/aromatic N) is 2. The molecule has 3 aromatic rings. The summed E-state index contributed by atoms with van der Waals surface area (Å²) in [5.41, 5.74) is 1.59. The number of aromatic carboxylic acids is 2. The summed E-state index contributed by atoms with van der Waals surface area (Å²) >= 11 is 0. The maximum Gasteiger partial charge on any atom is 0.354 e. The number of carbonyl (C=O) groups is 3. The summed E-state index contributed by atoms with van der Waals surface area (Å²) in [6.07, 6.45) is 1.85. The Morgan fingerprint density at radius 2 is 1.58 bits per heavy atom. The monoisotopic (exact) mass is 450 g/mol. The van der Waals surface area contributed by atoms with E-state index in [9.17, 15) is 29.4 Å². The lowest BCUT2D eigenvalue weighted by atomic mass is 9.99. The zero-order valence-electron chi connectivity index (χ0n) is 18.6. The van der Waals surface area contributed by atoms with E-state index in [4.69, 9.17) is 0 Å². The van der Waals surface area contributed by atoms with E-state index in [2.05, 4.69) is 0 Å². The van der Waals surface area contributed by atoms with Gasteiger partial charge in [-0.1, -0.05) is 62.7 Å². The van der Waals surface area contributed by atoms with Gasteiger partial charge < -0.3 is 10.2 Å². The number of carbonyl (C=O) groups excluding carboxylic acids is 1. The fourth-order valence-corrected chi connectivity index (χ4v) is 3.85. The molecule has 8 nitrogen and oxygen atoms in total. The second-order valence-electron chi connectivity index (χ2n) is 7.70. The Labute approximate surface area is 190 Å². The van der Waals surface area contributed by atoms with Gasteiger partial charge >= 0.3 is 17.6 Å². The minimum absolute atomic E-state index is 0.00903. The first-order valence-corrected chi connectivity index (χ1v) is 10.8. The summed E-state index contributed by atoms with van der Waals surface area (Å²) in [6, 6.07) is 13.7. The van der Waals surface area contributed by atoms with Crippen LogP contribution in [0.5, 0.6) is 0 Å². The molecule has 0 aliphatic rings. The van der Waals surface area contributed by atoms with Crippen LogP contribution in [0.25, 0.3) is 11.1 Å². The molecule has 0 bridgehead atoms. The van der Waals surface area contributed by atoms with Crippen LogP contribution >= 0.6 is 0 Å². The summed E-state index contributed by atoms with van der Waals surface area (Å²) in [7, 11) is 0. The van der Waals surface area contributed by atoms with Crippen molar-refractivity contribution >= 4 is 17.8 Å². The minimum atomic E-state index is -1.31. The van der Waals surface area contributed by atoms with Gasteiger partial charge in [-0.3, -0.25) is 9.36 Å². The fourth-order valence-electron chi connectivity index (χ4n) is 3.85. The number of imidazole rings is 1. The second-order valence-corrected chi connectivity index (χ2v) is 7.70. The van der Waals surface area contributed by atoms with Gasteiger partial charge in [-0.15, -0.1) is 0 Å². The summed E-state index contributed by atoms with van der Waals surface area (Å²) in [6.45, 7) is 3.64. The molecule has 3 rings (SSSR count). The standard InChI is InChI=1S/C25H26N2O6/c1-3-5-10-20-22(24(31)32)27(21(28)4-2)25(33)26(20)15-16-11-13-17(14-12-16)18-8-6-7-9-19(18)23(29)30/h6-9,11-14H,3-5,10,15H2,1-2H3,(H,29,30)(H,31,32). The lowest BCUT2D eigenvalue weighted by molar-refractivity contribution is 0.0668. The van der Waals surface area contributed by atoms with Gasteiger partial charge in [0.15, 0.2) is 5.69 Å². The van der Waals surface area contributed by atoms with E-state index >= 15 is 0 Å². The highest BCUT2D eigenvalue weighted by Gasteiger charge is 2.27.